The van der Waals surface area contributed by atoms with Crippen molar-refractivity contribution in [1.82, 2.24) is 25.4 Å². The number of carbonyl (C=O) groups is 1. The van der Waals surface area contributed by atoms with E-state index in [1.807, 2.05) is 12.3 Å². The molecule has 0 spiro atoms. The van der Waals surface area contributed by atoms with Gasteiger partial charge >= 0.3 is 6.03 Å². The second-order valence-electron chi connectivity index (χ2n) is 7.09. The maximum Gasteiger partial charge on any atom is 0.321 e. The van der Waals surface area contributed by atoms with Crippen LogP contribution in [0.3, 0.4) is 0 Å². The lowest BCUT2D eigenvalue weighted by Gasteiger charge is -2.34. The first-order valence-corrected chi connectivity index (χ1v) is 10.3. The van der Waals surface area contributed by atoms with E-state index in [4.69, 9.17) is 0 Å². The number of nitrogens with zero attached hydrogens (tertiary/aromatic N) is 5. The van der Waals surface area contributed by atoms with E-state index in [0.717, 1.165) is 50.7 Å². The first-order chi connectivity index (χ1) is 13.3. The van der Waals surface area contributed by atoms with Crippen LogP contribution in [0.25, 0.3) is 0 Å². The van der Waals surface area contributed by atoms with Gasteiger partial charge in [0.2, 0.25) is 10.3 Å². The van der Waals surface area contributed by atoms with Gasteiger partial charge < -0.3 is 10.2 Å². The molecule has 0 aromatic carbocycles. The van der Waals surface area contributed by atoms with Crippen LogP contribution >= 0.6 is 11.3 Å². The van der Waals surface area contributed by atoms with Gasteiger partial charge in [-0.3, -0.25) is 15.2 Å². The molecule has 0 atom stereocenters. The normalized spacial score (nSPS) is 18.6. The molecule has 0 radical (unpaired) electrons. The number of amides is 2. The van der Waals surface area contributed by atoms with Crippen molar-refractivity contribution >= 4 is 27.6 Å². The van der Waals surface area contributed by atoms with Crippen LogP contribution in [-0.2, 0) is 6.54 Å². The minimum atomic E-state index is -0.175. The first kappa shape index (κ1) is 18.1. The quantitative estimate of drug-likeness (QED) is 0.819. The Morgan fingerprint density at radius 2 is 2.00 bits per heavy atom. The summed E-state index contributed by atoms with van der Waals surface area (Å²) in [5.74, 6) is 0. The number of hydrogen-bond donors (Lipinski definition) is 2. The topological polar surface area (TPSA) is 86.3 Å². The number of anilines is 2. The van der Waals surface area contributed by atoms with Crippen LogP contribution in [0.1, 0.15) is 31.2 Å². The van der Waals surface area contributed by atoms with Gasteiger partial charge in [-0.2, -0.15) is 0 Å². The van der Waals surface area contributed by atoms with Crippen LogP contribution in [0.4, 0.5) is 15.1 Å². The number of carbonyl (C=O) groups excluding carboxylic acids is 1. The highest BCUT2D eigenvalue weighted by atomic mass is 32.1. The molecule has 9 heteroatoms. The van der Waals surface area contributed by atoms with Crippen molar-refractivity contribution < 1.29 is 4.79 Å². The number of rotatable bonds is 5. The SMILES string of the molecule is O=C(Nc1nnc(N2CCN(Cc3cccnc3)CC2)s1)NC1CCCC1. The molecule has 2 N–H and O–H groups in total. The summed E-state index contributed by atoms with van der Waals surface area (Å²) in [6.45, 7) is 4.68. The van der Waals surface area contributed by atoms with Gasteiger partial charge in [0, 0.05) is 51.2 Å². The Hall–Kier alpha value is -2.26. The number of piperazine rings is 1. The average molecular weight is 388 g/mol. The van der Waals surface area contributed by atoms with Gasteiger partial charge in [-0.25, -0.2) is 4.79 Å². The van der Waals surface area contributed by atoms with Crippen molar-refractivity contribution in [2.75, 3.05) is 36.4 Å². The summed E-state index contributed by atoms with van der Waals surface area (Å²) in [6.07, 6.45) is 8.25. The highest BCUT2D eigenvalue weighted by Gasteiger charge is 2.21. The van der Waals surface area contributed by atoms with E-state index in [1.54, 1.807) is 6.20 Å². The third kappa shape index (κ3) is 4.92. The van der Waals surface area contributed by atoms with Crippen molar-refractivity contribution in [3.63, 3.8) is 0 Å². The van der Waals surface area contributed by atoms with Gasteiger partial charge in [0.1, 0.15) is 0 Å². The van der Waals surface area contributed by atoms with Gasteiger partial charge in [-0.1, -0.05) is 30.2 Å². The lowest BCUT2D eigenvalue weighted by Crippen LogP contribution is -2.45. The van der Waals surface area contributed by atoms with E-state index in [2.05, 4.69) is 41.7 Å². The fourth-order valence-corrected chi connectivity index (χ4v) is 4.42. The zero-order chi connectivity index (χ0) is 18.5. The van der Waals surface area contributed by atoms with Crippen molar-refractivity contribution in [2.24, 2.45) is 0 Å². The Labute approximate surface area is 163 Å². The highest BCUT2D eigenvalue weighted by Crippen LogP contribution is 2.25. The van der Waals surface area contributed by atoms with E-state index in [1.165, 1.54) is 29.7 Å². The number of hydrogen-bond acceptors (Lipinski definition) is 7. The van der Waals surface area contributed by atoms with Gasteiger partial charge in [-0.05, 0) is 24.5 Å². The molecule has 0 unspecified atom stereocenters. The van der Waals surface area contributed by atoms with E-state index < -0.39 is 0 Å². The third-order valence-electron chi connectivity index (χ3n) is 5.10. The van der Waals surface area contributed by atoms with E-state index in [9.17, 15) is 4.79 Å². The number of urea groups is 1. The fraction of sp³-hybridized carbons (Fsp3) is 0.556. The second kappa shape index (κ2) is 8.62. The Kier molecular flexibility index (Phi) is 5.78. The van der Waals surface area contributed by atoms with Gasteiger partial charge in [0.05, 0.1) is 0 Å². The summed E-state index contributed by atoms with van der Waals surface area (Å²) in [7, 11) is 0. The average Bonchev–Trinajstić information content (AvgIpc) is 3.35. The molecule has 1 aliphatic heterocycles. The van der Waals surface area contributed by atoms with Crippen LogP contribution in [0.2, 0.25) is 0 Å². The van der Waals surface area contributed by atoms with Gasteiger partial charge in [0.25, 0.3) is 0 Å². The Bertz CT molecular complexity index is 739. The Morgan fingerprint density at radius 1 is 1.19 bits per heavy atom. The van der Waals surface area contributed by atoms with E-state index in [0.29, 0.717) is 11.2 Å². The summed E-state index contributed by atoms with van der Waals surface area (Å²) in [5.41, 5.74) is 1.24. The molecule has 144 valence electrons. The van der Waals surface area contributed by atoms with E-state index >= 15 is 0 Å². The maximum absolute atomic E-state index is 12.1. The zero-order valence-electron chi connectivity index (χ0n) is 15.3. The van der Waals surface area contributed by atoms with Crippen LogP contribution < -0.4 is 15.5 Å². The molecule has 2 amide bonds. The maximum atomic E-state index is 12.1. The summed E-state index contributed by atoms with van der Waals surface area (Å²) in [6, 6.07) is 4.21. The van der Waals surface area contributed by atoms with Crippen molar-refractivity contribution in [3.05, 3.63) is 30.1 Å². The summed E-state index contributed by atoms with van der Waals surface area (Å²) in [4.78, 5) is 20.9. The van der Waals surface area contributed by atoms with Crippen molar-refractivity contribution in [1.29, 1.82) is 0 Å². The fourth-order valence-electron chi connectivity index (χ4n) is 3.63. The Morgan fingerprint density at radius 3 is 2.74 bits per heavy atom. The highest BCUT2D eigenvalue weighted by molar-refractivity contribution is 7.19. The van der Waals surface area contributed by atoms with Crippen LogP contribution in [0.5, 0.6) is 0 Å². The standard InChI is InChI=1S/C18H25N7OS/c26-16(20-15-5-1-2-6-15)21-17-22-23-18(27-17)25-10-8-24(9-11-25)13-14-4-3-7-19-12-14/h3-4,7,12,15H,1-2,5-6,8-11,13H2,(H2,20,21,22,26). The predicted molar refractivity (Wildman–Crippen MR) is 106 cm³/mol. The van der Waals surface area contributed by atoms with Crippen LogP contribution in [-0.4, -0.2) is 58.3 Å². The number of pyridine rings is 1. The molecule has 1 saturated carbocycles. The predicted octanol–water partition coefficient (Wildman–Crippen LogP) is 2.32. The molecule has 27 heavy (non-hydrogen) atoms. The minimum absolute atomic E-state index is 0.175. The molecular weight excluding hydrogens is 362 g/mol. The molecule has 2 aromatic heterocycles. The van der Waals surface area contributed by atoms with Gasteiger partial charge in [-0.15, -0.1) is 10.2 Å². The number of nitrogens with one attached hydrogen (secondary N) is 2. The minimum Gasteiger partial charge on any atom is -0.344 e. The third-order valence-corrected chi connectivity index (χ3v) is 6.00. The Balaban J connectivity index is 1.25. The monoisotopic (exact) mass is 387 g/mol. The molecular formula is C18H25N7OS. The van der Waals surface area contributed by atoms with Crippen molar-refractivity contribution in [3.8, 4) is 0 Å². The summed E-state index contributed by atoms with van der Waals surface area (Å²) < 4.78 is 0. The lowest BCUT2D eigenvalue weighted by molar-refractivity contribution is 0.248. The molecule has 3 heterocycles. The molecule has 2 aromatic rings. The van der Waals surface area contributed by atoms with Gasteiger partial charge in [0.15, 0.2) is 0 Å². The molecule has 2 aliphatic rings. The molecule has 0 bridgehead atoms. The van der Waals surface area contributed by atoms with Crippen LogP contribution in [0, 0.1) is 0 Å². The lowest BCUT2D eigenvalue weighted by atomic mass is 10.2. The molecule has 4 rings (SSSR count). The summed E-state index contributed by atoms with van der Waals surface area (Å²) in [5, 5.41) is 15.6. The molecule has 1 aliphatic carbocycles. The smallest absolute Gasteiger partial charge is 0.321 e. The van der Waals surface area contributed by atoms with Crippen molar-refractivity contribution in [2.45, 2.75) is 38.3 Å². The van der Waals surface area contributed by atoms with E-state index in [-0.39, 0.29) is 6.03 Å². The molecule has 8 nitrogen and oxygen atoms in total. The molecule has 2 fully saturated rings. The first-order valence-electron chi connectivity index (χ1n) is 9.53. The largest absolute Gasteiger partial charge is 0.344 e. The molecule has 1 saturated heterocycles. The number of aromatic nitrogens is 3. The summed E-state index contributed by atoms with van der Waals surface area (Å²) >= 11 is 1.43. The zero-order valence-corrected chi connectivity index (χ0v) is 16.1. The second-order valence-corrected chi connectivity index (χ2v) is 8.05. The van der Waals surface area contributed by atoms with Crippen LogP contribution in [0.15, 0.2) is 24.5 Å².